The van der Waals surface area contributed by atoms with Gasteiger partial charge in [0.05, 0.1) is 11.8 Å². The molecule has 0 aliphatic rings. The summed E-state index contributed by atoms with van der Waals surface area (Å²) < 4.78 is 13.8. The average molecular weight is 529 g/mol. The third-order valence-corrected chi connectivity index (χ3v) is 6.83. The molecule has 0 bridgehead atoms. The van der Waals surface area contributed by atoms with Crippen molar-refractivity contribution in [2.45, 2.75) is 18.0 Å². The van der Waals surface area contributed by atoms with E-state index < -0.39 is 23.8 Å². The van der Waals surface area contributed by atoms with Crippen LogP contribution in [-0.4, -0.2) is 11.8 Å². The van der Waals surface area contributed by atoms with Gasteiger partial charge in [0.25, 0.3) is 0 Å². The maximum absolute atomic E-state index is 13.9. The second kappa shape index (κ2) is 12.7. The van der Waals surface area contributed by atoms with Gasteiger partial charge in [0.1, 0.15) is 12.0 Å². The normalized spacial score (nSPS) is 11.0. The molecule has 0 atom stereocenters. The molecule has 4 nitrogen and oxygen atoms in total. The van der Waals surface area contributed by atoms with E-state index in [9.17, 15) is 14.0 Å². The SMILES string of the molecule is O=C(NC(NC(=O)C(c1ccccc1)c1ccccc1)c1ccc(F)cc1)C(c1ccccc1)c1ccccc1. The minimum absolute atomic E-state index is 0.289. The molecule has 0 aliphatic heterocycles. The van der Waals surface area contributed by atoms with E-state index in [1.807, 2.05) is 121 Å². The predicted molar refractivity (Wildman–Crippen MR) is 155 cm³/mol. The van der Waals surface area contributed by atoms with Crippen LogP contribution < -0.4 is 10.6 Å². The molecule has 198 valence electrons. The van der Waals surface area contributed by atoms with Gasteiger partial charge in [-0.15, -0.1) is 0 Å². The Morgan fingerprint density at radius 3 is 1.02 bits per heavy atom. The summed E-state index contributed by atoms with van der Waals surface area (Å²) in [5, 5.41) is 6.09. The summed E-state index contributed by atoms with van der Waals surface area (Å²) in [6.07, 6.45) is -0.898. The standard InChI is InChI=1S/C35H29FN2O2/c36-30-23-21-29(22-24-30)33(37-34(39)31(25-13-5-1-6-14-25)26-15-7-2-8-16-26)38-35(40)32(27-17-9-3-10-18-27)28-19-11-4-12-20-28/h1-24,31-33H,(H,37,39)(H,38,40). The molecular formula is C35H29FN2O2. The molecule has 0 fully saturated rings. The molecule has 0 saturated carbocycles. The fraction of sp³-hybridized carbons (Fsp3) is 0.0857. The lowest BCUT2D eigenvalue weighted by molar-refractivity contribution is -0.125. The van der Waals surface area contributed by atoms with E-state index >= 15 is 0 Å². The molecular weight excluding hydrogens is 499 g/mol. The fourth-order valence-electron chi connectivity index (χ4n) is 4.88. The van der Waals surface area contributed by atoms with Crippen molar-refractivity contribution in [1.82, 2.24) is 10.6 Å². The van der Waals surface area contributed by atoms with E-state index in [1.165, 1.54) is 12.1 Å². The lowest BCUT2D eigenvalue weighted by Crippen LogP contribution is -2.44. The number of nitrogens with one attached hydrogen (secondary N) is 2. The first kappa shape index (κ1) is 26.6. The summed E-state index contributed by atoms with van der Waals surface area (Å²) in [6, 6.07) is 43.8. The van der Waals surface area contributed by atoms with Gasteiger partial charge in [-0.2, -0.15) is 0 Å². The Hall–Kier alpha value is -5.03. The van der Waals surface area contributed by atoms with Gasteiger partial charge in [-0.1, -0.05) is 133 Å². The van der Waals surface area contributed by atoms with Crippen LogP contribution >= 0.6 is 0 Å². The number of carbonyl (C=O) groups is 2. The van der Waals surface area contributed by atoms with Crippen LogP contribution in [0.4, 0.5) is 4.39 Å². The Kier molecular flexibility index (Phi) is 8.42. The van der Waals surface area contributed by atoms with Crippen LogP contribution in [0.1, 0.15) is 45.8 Å². The summed E-state index contributed by atoms with van der Waals surface area (Å²) in [4.78, 5) is 27.9. The molecule has 2 N–H and O–H groups in total. The van der Waals surface area contributed by atoms with Crippen LogP contribution in [0, 0.1) is 5.82 Å². The van der Waals surface area contributed by atoms with Crippen LogP contribution in [0.3, 0.4) is 0 Å². The largest absolute Gasteiger partial charge is 0.331 e. The van der Waals surface area contributed by atoms with Gasteiger partial charge in [0, 0.05) is 0 Å². The van der Waals surface area contributed by atoms with Gasteiger partial charge < -0.3 is 10.6 Å². The third kappa shape index (κ3) is 6.33. The highest BCUT2D eigenvalue weighted by molar-refractivity contribution is 5.90. The van der Waals surface area contributed by atoms with Crippen LogP contribution in [0.5, 0.6) is 0 Å². The van der Waals surface area contributed by atoms with Crippen molar-refractivity contribution in [3.63, 3.8) is 0 Å². The number of hydrogen-bond acceptors (Lipinski definition) is 2. The van der Waals surface area contributed by atoms with Crippen molar-refractivity contribution in [1.29, 1.82) is 0 Å². The van der Waals surface area contributed by atoms with Crippen LogP contribution in [0.15, 0.2) is 146 Å². The number of hydrogen-bond donors (Lipinski definition) is 2. The zero-order valence-corrected chi connectivity index (χ0v) is 21.8. The Morgan fingerprint density at radius 2 is 0.725 bits per heavy atom. The summed E-state index contributed by atoms with van der Waals surface area (Å²) in [6.45, 7) is 0. The molecule has 0 unspecified atom stereocenters. The second-order valence-electron chi connectivity index (χ2n) is 9.51. The molecule has 0 aliphatic carbocycles. The van der Waals surface area contributed by atoms with Crippen LogP contribution in [0.2, 0.25) is 0 Å². The number of halogens is 1. The molecule has 5 rings (SSSR count). The average Bonchev–Trinajstić information content (AvgIpc) is 3.00. The van der Waals surface area contributed by atoms with Crippen molar-refractivity contribution in [2.24, 2.45) is 0 Å². The van der Waals surface area contributed by atoms with Gasteiger partial charge in [0.15, 0.2) is 0 Å². The fourth-order valence-corrected chi connectivity index (χ4v) is 4.88. The van der Waals surface area contributed by atoms with Crippen LogP contribution in [-0.2, 0) is 9.59 Å². The summed E-state index contributed by atoms with van der Waals surface area (Å²) in [5.41, 5.74) is 3.84. The van der Waals surface area contributed by atoms with E-state index in [0.717, 1.165) is 22.3 Å². The van der Waals surface area contributed by atoms with Crippen molar-refractivity contribution in [3.8, 4) is 0 Å². The number of rotatable bonds is 9. The van der Waals surface area contributed by atoms with Crippen molar-refractivity contribution in [2.75, 3.05) is 0 Å². The number of benzene rings is 5. The summed E-state index contributed by atoms with van der Waals surface area (Å²) in [5.74, 6) is -2.20. The number of amides is 2. The van der Waals surface area contributed by atoms with Gasteiger partial charge in [-0.3, -0.25) is 9.59 Å². The molecule has 0 saturated heterocycles. The molecule has 40 heavy (non-hydrogen) atoms. The van der Waals surface area contributed by atoms with Crippen molar-refractivity contribution in [3.05, 3.63) is 179 Å². The van der Waals surface area contributed by atoms with Crippen molar-refractivity contribution < 1.29 is 14.0 Å². The van der Waals surface area contributed by atoms with E-state index in [0.29, 0.717) is 5.56 Å². The zero-order valence-electron chi connectivity index (χ0n) is 21.8. The molecule has 0 heterocycles. The smallest absolute Gasteiger partial charge is 0.233 e. The molecule has 0 spiro atoms. The molecule has 5 aromatic rings. The first-order valence-corrected chi connectivity index (χ1v) is 13.2. The summed E-state index contributed by atoms with van der Waals surface area (Å²) in [7, 11) is 0. The quantitative estimate of drug-likeness (QED) is 0.209. The van der Waals surface area contributed by atoms with E-state index in [2.05, 4.69) is 10.6 Å². The summed E-state index contributed by atoms with van der Waals surface area (Å²) >= 11 is 0. The Bertz CT molecular complexity index is 1350. The lowest BCUT2D eigenvalue weighted by atomic mass is 9.89. The van der Waals surface area contributed by atoms with Crippen LogP contribution in [0.25, 0.3) is 0 Å². The molecule has 5 heteroatoms. The lowest BCUT2D eigenvalue weighted by Gasteiger charge is -2.27. The van der Waals surface area contributed by atoms with Crippen molar-refractivity contribution >= 4 is 11.8 Å². The third-order valence-electron chi connectivity index (χ3n) is 6.83. The van der Waals surface area contributed by atoms with E-state index in [-0.39, 0.29) is 11.8 Å². The van der Waals surface area contributed by atoms with E-state index in [1.54, 1.807) is 12.1 Å². The van der Waals surface area contributed by atoms with Gasteiger partial charge in [0.2, 0.25) is 11.8 Å². The topological polar surface area (TPSA) is 58.2 Å². The molecule has 5 aromatic carbocycles. The zero-order chi connectivity index (χ0) is 27.7. The van der Waals surface area contributed by atoms with Gasteiger partial charge in [-0.25, -0.2) is 4.39 Å². The Morgan fingerprint density at radius 1 is 0.425 bits per heavy atom. The number of carbonyl (C=O) groups excluding carboxylic acids is 2. The van der Waals surface area contributed by atoms with Gasteiger partial charge >= 0.3 is 0 Å². The van der Waals surface area contributed by atoms with E-state index in [4.69, 9.17) is 0 Å². The highest BCUT2D eigenvalue weighted by atomic mass is 19.1. The first-order chi connectivity index (χ1) is 19.6. The van der Waals surface area contributed by atoms with Gasteiger partial charge in [-0.05, 0) is 39.9 Å². The Balaban J connectivity index is 1.49. The minimum atomic E-state index is -0.898. The molecule has 0 radical (unpaired) electrons. The highest BCUT2D eigenvalue weighted by Crippen LogP contribution is 2.28. The maximum atomic E-state index is 13.9. The predicted octanol–water partition coefficient (Wildman–Crippen LogP) is 6.72. The first-order valence-electron chi connectivity index (χ1n) is 13.2. The highest BCUT2D eigenvalue weighted by Gasteiger charge is 2.29. The molecule has 0 aromatic heterocycles. The second-order valence-corrected chi connectivity index (χ2v) is 9.51. The Labute approximate surface area is 233 Å². The molecule has 2 amide bonds. The monoisotopic (exact) mass is 528 g/mol. The minimum Gasteiger partial charge on any atom is -0.331 e. The maximum Gasteiger partial charge on any atom is 0.233 e.